The number of aliphatic carboxylic acids is 1. The summed E-state index contributed by atoms with van der Waals surface area (Å²) in [6.45, 7) is 3.51. The highest BCUT2D eigenvalue weighted by Crippen LogP contribution is 2.30. The van der Waals surface area contributed by atoms with Crippen LogP contribution in [0, 0.1) is 0 Å². The molecule has 0 spiro atoms. The largest absolute Gasteiger partial charge is 0.478 e. The van der Waals surface area contributed by atoms with Crippen molar-refractivity contribution in [1.29, 1.82) is 0 Å². The van der Waals surface area contributed by atoms with Crippen LogP contribution in [0.15, 0.2) is 35.7 Å². The minimum absolute atomic E-state index is 0.104. The van der Waals surface area contributed by atoms with Crippen molar-refractivity contribution in [1.82, 2.24) is 9.88 Å². The Morgan fingerprint density at radius 3 is 2.55 bits per heavy atom. The van der Waals surface area contributed by atoms with E-state index in [0.29, 0.717) is 12.1 Å². The maximum Gasteiger partial charge on any atom is 0.331 e. The molecule has 0 radical (unpaired) electrons. The van der Waals surface area contributed by atoms with Gasteiger partial charge >= 0.3 is 5.97 Å². The molecule has 1 amide bonds. The van der Waals surface area contributed by atoms with Crippen LogP contribution in [0.2, 0.25) is 0 Å². The Balaban J connectivity index is 2.19. The average Bonchev–Trinajstić information content (AvgIpc) is 3.28. The molecule has 0 saturated heterocycles. The van der Waals surface area contributed by atoms with E-state index in [1.807, 2.05) is 12.1 Å². The van der Waals surface area contributed by atoms with E-state index in [0.717, 1.165) is 18.4 Å². The molecule has 1 fully saturated rings. The predicted molar refractivity (Wildman–Crippen MR) is 73.8 cm³/mol. The van der Waals surface area contributed by atoms with E-state index < -0.39 is 5.97 Å². The lowest BCUT2D eigenvalue weighted by Gasteiger charge is -2.23. The Kier molecular flexibility index (Phi) is 4.17. The Hall–Kier alpha value is -2.17. The number of rotatable bonds is 5. The lowest BCUT2D eigenvalue weighted by atomic mass is 10.1. The lowest BCUT2D eigenvalue weighted by Crippen LogP contribution is -2.34. The number of amides is 1. The summed E-state index contributed by atoms with van der Waals surface area (Å²) in [5.74, 6) is -1.25. The van der Waals surface area contributed by atoms with Gasteiger partial charge in [-0.25, -0.2) is 4.79 Å². The standard InChI is InChI=1S/C15H18N2O3/c1-10(11(2)15(19)20)14(18)17(13-5-6-13)9-12-4-3-7-16-8-12/h3-4,7-8,13H,5-6,9H2,1-2H3,(H,19,20). The first kappa shape index (κ1) is 14.2. The van der Waals surface area contributed by atoms with Gasteiger partial charge in [0.25, 0.3) is 5.91 Å². The highest BCUT2D eigenvalue weighted by atomic mass is 16.4. The van der Waals surface area contributed by atoms with Gasteiger partial charge in [0.2, 0.25) is 0 Å². The molecule has 20 heavy (non-hydrogen) atoms. The number of pyridine rings is 1. The zero-order valence-electron chi connectivity index (χ0n) is 11.7. The molecule has 5 heteroatoms. The third-order valence-corrected chi connectivity index (χ3v) is 3.53. The highest BCUT2D eigenvalue weighted by Gasteiger charge is 2.33. The first-order valence-electron chi connectivity index (χ1n) is 6.61. The van der Waals surface area contributed by atoms with Crippen LogP contribution in [0.1, 0.15) is 32.3 Å². The topological polar surface area (TPSA) is 70.5 Å². The number of hydrogen-bond acceptors (Lipinski definition) is 3. The van der Waals surface area contributed by atoms with Crippen LogP contribution in [-0.2, 0) is 16.1 Å². The molecule has 1 heterocycles. The van der Waals surface area contributed by atoms with Gasteiger partial charge in [0.05, 0.1) is 0 Å². The van der Waals surface area contributed by atoms with Gasteiger partial charge in [-0.05, 0) is 38.3 Å². The molecule has 1 aliphatic carbocycles. The maximum atomic E-state index is 12.5. The van der Waals surface area contributed by atoms with Crippen LogP contribution in [0.25, 0.3) is 0 Å². The van der Waals surface area contributed by atoms with Crippen LogP contribution in [0.4, 0.5) is 0 Å². The van der Waals surface area contributed by atoms with E-state index in [2.05, 4.69) is 4.98 Å². The van der Waals surface area contributed by atoms with Gasteiger partial charge in [-0.15, -0.1) is 0 Å². The monoisotopic (exact) mass is 274 g/mol. The van der Waals surface area contributed by atoms with Crippen molar-refractivity contribution in [3.63, 3.8) is 0 Å². The molecule has 1 saturated carbocycles. The van der Waals surface area contributed by atoms with Gasteiger partial charge in [-0.3, -0.25) is 9.78 Å². The van der Waals surface area contributed by atoms with Gasteiger partial charge in [-0.1, -0.05) is 6.07 Å². The number of aromatic nitrogens is 1. The van der Waals surface area contributed by atoms with E-state index in [1.165, 1.54) is 6.92 Å². The van der Waals surface area contributed by atoms with E-state index >= 15 is 0 Å². The highest BCUT2D eigenvalue weighted by molar-refractivity contribution is 6.01. The second-order valence-corrected chi connectivity index (χ2v) is 5.08. The fourth-order valence-electron chi connectivity index (χ4n) is 1.98. The molecular formula is C15H18N2O3. The fourth-order valence-corrected chi connectivity index (χ4v) is 1.98. The average molecular weight is 274 g/mol. The maximum absolute atomic E-state index is 12.5. The number of nitrogens with zero attached hydrogens (tertiary/aromatic N) is 2. The van der Waals surface area contributed by atoms with E-state index in [9.17, 15) is 9.59 Å². The third-order valence-electron chi connectivity index (χ3n) is 3.53. The summed E-state index contributed by atoms with van der Waals surface area (Å²) < 4.78 is 0. The van der Waals surface area contributed by atoms with Crippen LogP contribution in [0.5, 0.6) is 0 Å². The van der Waals surface area contributed by atoms with Crippen molar-refractivity contribution in [2.24, 2.45) is 0 Å². The first-order chi connectivity index (χ1) is 9.50. The predicted octanol–water partition coefficient (Wildman–Crippen LogP) is 1.99. The summed E-state index contributed by atoms with van der Waals surface area (Å²) in [5, 5.41) is 8.99. The summed E-state index contributed by atoms with van der Waals surface area (Å²) in [4.78, 5) is 29.2. The van der Waals surface area contributed by atoms with Crippen molar-refractivity contribution >= 4 is 11.9 Å². The number of carboxylic acids is 1. The van der Waals surface area contributed by atoms with Crippen LogP contribution < -0.4 is 0 Å². The molecule has 0 atom stereocenters. The Morgan fingerprint density at radius 2 is 2.05 bits per heavy atom. The summed E-state index contributed by atoms with van der Waals surface area (Å²) in [6, 6.07) is 3.97. The molecule has 2 rings (SSSR count). The number of carbonyl (C=O) groups is 2. The Bertz CT molecular complexity index is 547. The number of carbonyl (C=O) groups excluding carboxylic acids is 1. The minimum atomic E-state index is -1.05. The quantitative estimate of drug-likeness (QED) is 0.834. The zero-order chi connectivity index (χ0) is 14.7. The molecule has 106 valence electrons. The van der Waals surface area contributed by atoms with Crippen molar-refractivity contribution in [3.05, 3.63) is 41.2 Å². The molecule has 1 N–H and O–H groups in total. The molecular weight excluding hydrogens is 256 g/mol. The van der Waals surface area contributed by atoms with Gasteiger partial charge < -0.3 is 10.0 Å². The third kappa shape index (κ3) is 3.23. The molecule has 0 aromatic carbocycles. The summed E-state index contributed by atoms with van der Waals surface area (Å²) in [5.41, 5.74) is 1.36. The molecule has 1 aromatic rings. The van der Waals surface area contributed by atoms with Crippen molar-refractivity contribution in [3.8, 4) is 0 Å². The summed E-state index contributed by atoms with van der Waals surface area (Å²) in [6.07, 6.45) is 5.37. The fraction of sp³-hybridized carbons (Fsp3) is 0.400. The second-order valence-electron chi connectivity index (χ2n) is 5.08. The van der Waals surface area contributed by atoms with Gasteiger partial charge in [-0.2, -0.15) is 0 Å². The van der Waals surface area contributed by atoms with Crippen molar-refractivity contribution in [2.75, 3.05) is 0 Å². The normalized spacial score (nSPS) is 15.5. The minimum Gasteiger partial charge on any atom is -0.478 e. The molecule has 0 bridgehead atoms. The van der Waals surface area contributed by atoms with Crippen molar-refractivity contribution in [2.45, 2.75) is 39.3 Å². The SMILES string of the molecule is CC(C(=O)O)=C(C)C(=O)N(Cc1cccnc1)C1CC1. The van der Waals surface area contributed by atoms with E-state index in [-0.39, 0.29) is 17.5 Å². The Morgan fingerprint density at radius 1 is 1.35 bits per heavy atom. The van der Waals surface area contributed by atoms with E-state index in [4.69, 9.17) is 5.11 Å². The number of carboxylic acid groups (broad SMARTS) is 1. The van der Waals surface area contributed by atoms with E-state index in [1.54, 1.807) is 24.2 Å². The number of hydrogen-bond donors (Lipinski definition) is 1. The molecule has 0 aliphatic heterocycles. The van der Waals surface area contributed by atoms with Crippen LogP contribution >= 0.6 is 0 Å². The van der Waals surface area contributed by atoms with Gasteiger partial charge in [0, 0.05) is 36.1 Å². The van der Waals surface area contributed by atoms with Crippen LogP contribution in [0.3, 0.4) is 0 Å². The lowest BCUT2D eigenvalue weighted by molar-refractivity contribution is -0.134. The van der Waals surface area contributed by atoms with Crippen LogP contribution in [-0.4, -0.2) is 32.9 Å². The molecule has 1 aliphatic rings. The second kappa shape index (κ2) is 5.86. The summed E-state index contributed by atoms with van der Waals surface area (Å²) in [7, 11) is 0. The van der Waals surface area contributed by atoms with Gasteiger partial charge in [0.1, 0.15) is 0 Å². The molecule has 1 aromatic heterocycles. The molecule has 5 nitrogen and oxygen atoms in total. The first-order valence-corrected chi connectivity index (χ1v) is 6.61. The molecule has 0 unspecified atom stereocenters. The van der Waals surface area contributed by atoms with Gasteiger partial charge in [0.15, 0.2) is 0 Å². The zero-order valence-corrected chi connectivity index (χ0v) is 11.7. The summed E-state index contributed by atoms with van der Waals surface area (Å²) >= 11 is 0. The smallest absolute Gasteiger partial charge is 0.331 e. The Labute approximate surface area is 117 Å². The van der Waals surface area contributed by atoms with Crippen molar-refractivity contribution < 1.29 is 14.7 Å².